The minimum absolute atomic E-state index is 0.0208. The van der Waals surface area contributed by atoms with Gasteiger partial charge >= 0.3 is 23.9 Å². The van der Waals surface area contributed by atoms with E-state index in [1.807, 2.05) is 60.7 Å². The number of hydrogen-bond donors (Lipinski definition) is 0. The number of benzene rings is 2. The summed E-state index contributed by atoms with van der Waals surface area (Å²) < 4.78 is 20.6. The summed E-state index contributed by atoms with van der Waals surface area (Å²) in [5.74, 6) is -2.99. The van der Waals surface area contributed by atoms with Crippen molar-refractivity contribution in [3.05, 3.63) is 95.6 Å². The lowest BCUT2D eigenvalue weighted by atomic mass is 9.69. The molecule has 0 heterocycles. The average Bonchev–Trinajstić information content (AvgIpc) is 3.43. The van der Waals surface area contributed by atoms with Gasteiger partial charge < -0.3 is 18.9 Å². The minimum atomic E-state index is -1.71. The highest BCUT2D eigenvalue weighted by Crippen LogP contribution is 2.58. The van der Waals surface area contributed by atoms with Crippen LogP contribution in [0.15, 0.2) is 84.5 Å². The fourth-order valence-electron chi connectivity index (χ4n) is 6.57. The molecule has 1 fully saturated rings. The Balaban J connectivity index is 2.07. The molecule has 0 N–H and O–H groups in total. The van der Waals surface area contributed by atoms with Crippen molar-refractivity contribution in [3.8, 4) is 0 Å². The van der Waals surface area contributed by atoms with Gasteiger partial charge in [-0.2, -0.15) is 0 Å². The van der Waals surface area contributed by atoms with Gasteiger partial charge in [-0.05, 0) is 59.4 Å². The van der Waals surface area contributed by atoms with Gasteiger partial charge in [-0.1, -0.05) is 72.3 Å². The van der Waals surface area contributed by atoms with Crippen LogP contribution in [-0.2, 0) is 38.1 Å². The van der Waals surface area contributed by atoms with E-state index in [4.69, 9.17) is 18.9 Å². The number of hydrogen-bond acceptors (Lipinski definition) is 8. The van der Waals surface area contributed by atoms with E-state index in [9.17, 15) is 19.2 Å². The maximum atomic E-state index is 13.4. The number of esters is 4. The molecule has 4 rings (SSSR count). The third-order valence-corrected chi connectivity index (χ3v) is 8.48. The zero-order valence-corrected chi connectivity index (χ0v) is 24.4. The van der Waals surface area contributed by atoms with Crippen LogP contribution in [0.4, 0.5) is 0 Å². The Kier molecular flexibility index (Phi) is 9.14. The largest absolute Gasteiger partial charge is 0.468 e. The van der Waals surface area contributed by atoms with Crippen molar-refractivity contribution >= 4 is 35.0 Å². The van der Waals surface area contributed by atoms with E-state index in [0.717, 1.165) is 33.4 Å². The highest BCUT2D eigenvalue weighted by molar-refractivity contribution is 6.05. The normalized spacial score (nSPS) is 17.7. The number of carbonyl (C=O) groups excluding carboxylic acids is 4. The van der Waals surface area contributed by atoms with Gasteiger partial charge in [0.25, 0.3) is 0 Å². The van der Waals surface area contributed by atoms with E-state index in [-0.39, 0.29) is 31.6 Å². The quantitative estimate of drug-likeness (QED) is 0.163. The fraction of sp³-hybridized carbons (Fsp3) is 0.353. The number of carbonyl (C=O) groups is 4. The first kappa shape index (κ1) is 30.5. The number of fused-ring (bicyclic) bond motifs is 1. The van der Waals surface area contributed by atoms with Crippen LogP contribution in [0, 0.1) is 16.7 Å². The van der Waals surface area contributed by atoms with Gasteiger partial charge in [-0.15, -0.1) is 6.58 Å². The molecule has 0 radical (unpaired) electrons. The van der Waals surface area contributed by atoms with E-state index in [1.165, 1.54) is 34.5 Å². The zero-order valence-electron chi connectivity index (χ0n) is 24.4. The fourth-order valence-corrected chi connectivity index (χ4v) is 6.57. The summed E-state index contributed by atoms with van der Waals surface area (Å²) in [7, 11) is 5.00. The van der Waals surface area contributed by atoms with Crippen LogP contribution in [0.25, 0.3) is 11.1 Å². The summed E-state index contributed by atoms with van der Waals surface area (Å²) in [6, 6.07) is 19.2. The van der Waals surface area contributed by atoms with Crippen molar-refractivity contribution in [2.45, 2.75) is 32.1 Å². The van der Waals surface area contributed by atoms with E-state index >= 15 is 0 Å². The summed E-state index contributed by atoms with van der Waals surface area (Å²) in [5, 5.41) is 0. The van der Waals surface area contributed by atoms with Crippen LogP contribution in [0.1, 0.15) is 43.2 Å². The van der Waals surface area contributed by atoms with Crippen molar-refractivity contribution in [3.63, 3.8) is 0 Å². The molecule has 0 saturated heterocycles. The molecule has 2 aliphatic carbocycles. The molecule has 2 aliphatic rings. The molecule has 42 heavy (non-hydrogen) atoms. The van der Waals surface area contributed by atoms with Gasteiger partial charge in [0.15, 0.2) is 10.8 Å². The molecule has 0 spiro atoms. The molecule has 0 aliphatic heterocycles. The second kappa shape index (κ2) is 12.6. The SMILES string of the molecule is C=CCC(CC1=C(c2ccccc2)CC2CC(C(=O)OC)(C(=O)OC)CC2=C1c1ccccc1)(C(=O)OC)C(=O)OC. The van der Waals surface area contributed by atoms with Crippen LogP contribution in [0.3, 0.4) is 0 Å². The highest BCUT2D eigenvalue weighted by Gasteiger charge is 2.58. The second-order valence-corrected chi connectivity index (χ2v) is 10.7. The monoisotopic (exact) mass is 572 g/mol. The Morgan fingerprint density at radius 3 is 1.83 bits per heavy atom. The predicted octanol–water partition coefficient (Wildman–Crippen LogP) is 5.34. The molecule has 1 atom stereocenters. The molecule has 2 aromatic carbocycles. The third-order valence-electron chi connectivity index (χ3n) is 8.48. The number of ether oxygens (including phenoxy) is 4. The molecule has 0 amide bonds. The lowest BCUT2D eigenvalue weighted by Crippen LogP contribution is -2.41. The first-order valence-electron chi connectivity index (χ1n) is 13.7. The highest BCUT2D eigenvalue weighted by atomic mass is 16.6. The first-order valence-corrected chi connectivity index (χ1v) is 13.7. The molecular formula is C34H36O8. The lowest BCUT2D eigenvalue weighted by Gasteiger charge is -2.35. The van der Waals surface area contributed by atoms with Gasteiger partial charge in [0.1, 0.15) is 0 Å². The molecule has 1 unspecified atom stereocenters. The van der Waals surface area contributed by atoms with Gasteiger partial charge in [-0.3, -0.25) is 19.2 Å². The first-order chi connectivity index (χ1) is 20.2. The standard InChI is InChI=1S/C34H36O8/c1-6-17-33(29(35)39-2,30(36)40-3)21-27-25(22-13-9-7-10-14-22)18-24-19-34(31(37)41-4,32(38)42-5)20-26(24)28(27)23-15-11-8-12-16-23/h6-16,24H,1,17-21H2,2-5H3. The average molecular weight is 573 g/mol. The Bertz CT molecular complexity index is 1400. The second-order valence-electron chi connectivity index (χ2n) is 10.7. The number of rotatable bonds is 10. The number of allylic oxidation sites excluding steroid dienone is 5. The molecule has 2 aromatic rings. The van der Waals surface area contributed by atoms with Crippen LogP contribution in [0.2, 0.25) is 0 Å². The summed E-state index contributed by atoms with van der Waals surface area (Å²) in [4.78, 5) is 53.3. The molecule has 8 heteroatoms. The van der Waals surface area contributed by atoms with Gasteiger partial charge in [0.2, 0.25) is 0 Å². The molecule has 8 nitrogen and oxygen atoms in total. The zero-order chi connectivity index (χ0) is 30.5. The van der Waals surface area contributed by atoms with Gasteiger partial charge in [-0.25, -0.2) is 0 Å². The van der Waals surface area contributed by atoms with E-state index in [0.29, 0.717) is 6.42 Å². The molecular weight excluding hydrogens is 536 g/mol. The van der Waals surface area contributed by atoms with E-state index in [2.05, 4.69) is 6.58 Å². The van der Waals surface area contributed by atoms with Crippen LogP contribution in [0.5, 0.6) is 0 Å². The molecule has 0 bridgehead atoms. The van der Waals surface area contributed by atoms with E-state index in [1.54, 1.807) is 0 Å². The van der Waals surface area contributed by atoms with Crippen molar-refractivity contribution in [1.29, 1.82) is 0 Å². The summed E-state index contributed by atoms with van der Waals surface area (Å²) in [6.45, 7) is 3.81. The van der Waals surface area contributed by atoms with Gasteiger partial charge in [0, 0.05) is 6.42 Å². The maximum absolute atomic E-state index is 13.4. The minimum Gasteiger partial charge on any atom is -0.468 e. The summed E-state index contributed by atoms with van der Waals surface area (Å²) >= 11 is 0. The molecule has 1 saturated carbocycles. The third kappa shape index (κ3) is 5.17. The van der Waals surface area contributed by atoms with Crippen LogP contribution < -0.4 is 0 Å². The Labute approximate surface area is 246 Å². The van der Waals surface area contributed by atoms with Gasteiger partial charge in [0.05, 0.1) is 28.4 Å². The van der Waals surface area contributed by atoms with Crippen molar-refractivity contribution in [1.82, 2.24) is 0 Å². The smallest absolute Gasteiger partial charge is 0.323 e. The summed E-state index contributed by atoms with van der Waals surface area (Å²) in [6.07, 6.45) is 2.19. The predicted molar refractivity (Wildman–Crippen MR) is 156 cm³/mol. The Morgan fingerprint density at radius 2 is 1.36 bits per heavy atom. The van der Waals surface area contributed by atoms with Crippen molar-refractivity contribution < 1.29 is 38.1 Å². The Morgan fingerprint density at radius 1 is 0.833 bits per heavy atom. The topological polar surface area (TPSA) is 105 Å². The van der Waals surface area contributed by atoms with Crippen molar-refractivity contribution in [2.24, 2.45) is 16.7 Å². The number of methoxy groups -OCH3 is 4. The van der Waals surface area contributed by atoms with E-state index < -0.39 is 34.7 Å². The van der Waals surface area contributed by atoms with Crippen LogP contribution in [-0.4, -0.2) is 52.3 Å². The van der Waals surface area contributed by atoms with Crippen molar-refractivity contribution in [2.75, 3.05) is 28.4 Å². The molecule has 220 valence electrons. The lowest BCUT2D eigenvalue weighted by molar-refractivity contribution is -0.170. The Hall–Kier alpha value is -4.46. The van der Waals surface area contributed by atoms with Crippen LogP contribution >= 0.6 is 0 Å². The summed E-state index contributed by atoms with van der Waals surface area (Å²) in [5.41, 5.74) is 1.77. The maximum Gasteiger partial charge on any atom is 0.323 e. The molecule has 0 aromatic heterocycles.